The van der Waals surface area contributed by atoms with Crippen LogP contribution in [0.3, 0.4) is 0 Å². The molecule has 2 aromatic carbocycles. The van der Waals surface area contributed by atoms with Crippen molar-refractivity contribution in [1.82, 2.24) is 20.3 Å². The summed E-state index contributed by atoms with van der Waals surface area (Å²) in [6.45, 7) is 5.79. The lowest BCUT2D eigenvalue weighted by molar-refractivity contribution is 0.0488. The summed E-state index contributed by atoms with van der Waals surface area (Å²) in [7, 11) is 0. The van der Waals surface area contributed by atoms with Crippen LogP contribution >= 0.6 is 0 Å². The van der Waals surface area contributed by atoms with E-state index in [2.05, 4.69) is 38.5 Å². The molecule has 1 amide bonds. The highest BCUT2D eigenvalue weighted by Gasteiger charge is 2.21. The minimum Gasteiger partial charge on any atom is -0.490 e. The van der Waals surface area contributed by atoms with E-state index in [0.717, 1.165) is 38.4 Å². The molecule has 7 heteroatoms. The fourth-order valence-electron chi connectivity index (χ4n) is 4.31. The molecule has 3 heterocycles. The number of fused-ring (bicyclic) bond motifs is 2. The minimum atomic E-state index is -0.593. The maximum Gasteiger partial charge on any atom is 0.408 e. The predicted molar refractivity (Wildman–Crippen MR) is 146 cm³/mol. The van der Waals surface area contributed by atoms with E-state index in [1.807, 2.05) is 75.8 Å². The van der Waals surface area contributed by atoms with Gasteiger partial charge >= 0.3 is 6.09 Å². The van der Waals surface area contributed by atoms with Gasteiger partial charge in [0.2, 0.25) is 0 Å². The van der Waals surface area contributed by atoms with E-state index >= 15 is 0 Å². The topological polar surface area (TPSA) is 89.1 Å². The molecule has 0 radical (unpaired) electrons. The molecule has 0 spiro atoms. The van der Waals surface area contributed by atoms with Crippen LogP contribution in [0.5, 0.6) is 5.75 Å². The van der Waals surface area contributed by atoms with Crippen molar-refractivity contribution in [2.24, 2.45) is 0 Å². The van der Waals surface area contributed by atoms with E-state index in [4.69, 9.17) is 9.47 Å². The molecule has 0 fully saturated rings. The van der Waals surface area contributed by atoms with Gasteiger partial charge in [0.15, 0.2) is 0 Å². The van der Waals surface area contributed by atoms with E-state index in [-0.39, 0.29) is 12.6 Å². The van der Waals surface area contributed by atoms with E-state index in [1.165, 1.54) is 0 Å². The number of hydrogen-bond acceptors (Lipinski definition) is 5. The van der Waals surface area contributed by atoms with Crippen LogP contribution < -0.4 is 10.1 Å². The Kier molecular flexibility index (Phi) is 6.77. The standard InChI is InChI=1S/C30H30N4O3/c1-30(2,3)37-29(35)34-25(13-24-17-33-28-7-5-4-6-27(24)28)19-36-26-14-23(16-32-18-26)20-8-9-22-15-31-11-10-21(22)12-20/h4-12,14-18,25,33H,13,19H2,1-3H3,(H,34,35)/t25-/m0/s1. The second-order valence-electron chi connectivity index (χ2n) is 10.1. The van der Waals surface area contributed by atoms with E-state index in [1.54, 1.807) is 12.4 Å². The number of pyridine rings is 2. The Hall–Kier alpha value is -4.39. The lowest BCUT2D eigenvalue weighted by Gasteiger charge is -2.24. The van der Waals surface area contributed by atoms with Gasteiger partial charge in [0, 0.05) is 46.6 Å². The number of ether oxygens (including phenoxy) is 2. The van der Waals surface area contributed by atoms with Crippen LogP contribution in [0.2, 0.25) is 0 Å². The Morgan fingerprint density at radius 2 is 1.84 bits per heavy atom. The molecule has 0 aliphatic rings. The number of nitrogens with one attached hydrogen (secondary N) is 2. The number of alkyl carbamates (subject to hydrolysis) is 1. The number of aromatic amines is 1. The van der Waals surface area contributed by atoms with Crippen molar-refractivity contribution in [3.8, 4) is 16.9 Å². The molecule has 0 bridgehead atoms. The molecule has 0 aliphatic carbocycles. The quantitative estimate of drug-likeness (QED) is 0.277. The summed E-state index contributed by atoms with van der Waals surface area (Å²) >= 11 is 0. The molecular weight excluding hydrogens is 464 g/mol. The number of amides is 1. The van der Waals surface area contributed by atoms with Crippen LogP contribution in [0, 0.1) is 0 Å². The lowest BCUT2D eigenvalue weighted by atomic mass is 10.0. The average molecular weight is 495 g/mol. The van der Waals surface area contributed by atoms with Gasteiger partial charge in [0.1, 0.15) is 18.0 Å². The number of H-pyrrole nitrogens is 1. The molecule has 2 N–H and O–H groups in total. The first-order chi connectivity index (χ1) is 17.8. The molecule has 37 heavy (non-hydrogen) atoms. The van der Waals surface area contributed by atoms with Crippen LogP contribution in [0.15, 0.2) is 85.6 Å². The maximum atomic E-state index is 12.6. The summed E-state index contributed by atoms with van der Waals surface area (Å²) in [4.78, 5) is 24.5. The number of nitrogens with zero attached hydrogens (tertiary/aromatic N) is 2. The lowest BCUT2D eigenvalue weighted by Crippen LogP contribution is -2.43. The van der Waals surface area contributed by atoms with Crippen molar-refractivity contribution < 1.29 is 14.3 Å². The first kappa shape index (κ1) is 24.3. The summed E-state index contributed by atoms with van der Waals surface area (Å²) in [5, 5.41) is 6.30. The number of rotatable bonds is 7. The third-order valence-corrected chi connectivity index (χ3v) is 6.00. The second-order valence-corrected chi connectivity index (χ2v) is 10.1. The van der Waals surface area contributed by atoms with Crippen molar-refractivity contribution in [1.29, 1.82) is 0 Å². The average Bonchev–Trinajstić information content (AvgIpc) is 3.29. The van der Waals surface area contributed by atoms with Gasteiger partial charge in [-0.25, -0.2) is 4.79 Å². The molecule has 0 saturated heterocycles. The summed E-state index contributed by atoms with van der Waals surface area (Å²) < 4.78 is 11.7. The van der Waals surface area contributed by atoms with Gasteiger partial charge in [-0.1, -0.05) is 30.3 Å². The summed E-state index contributed by atoms with van der Waals surface area (Å²) in [5.41, 5.74) is 3.54. The first-order valence-electron chi connectivity index (χ1n) is 12.3. The zero-order valence-electron chi connectivity index (χ0n) is 21.2. The molecule has 1 atom stereocenters. The highest BCUT2D eigenvalue weighted by molar-refractivity contribution is 5.86. The normalized spacial score (nSPS) is 12.4. The Labute approximate surface area is 215 Å². The van der Waals surface area contributed by atoms with Crippen LogP contribution in [0.4, 0.5) is 4.79 Å². The predicted octanol–water partition coefficient (Wildman–Crippen LogP) is 6.29. The van der Waals surface area contributed by atoms with Gasteiger partial charge < -0.3 is 19.8 Å². The molecule has 0 aliphatic heterocycles. The van der Waals surface area contributed by atoms with E-state index < -0.39 is 11.7 Å². The number of hydrogen-bond donors (Lipinski definition) is 2. The second kappa shape index (κ2) is 10.3. The zero-order valence-corrected chi connectivity index (χ0v) is 21.2. The Bertz CT molecular complexity index is 1540. The summed E-state index contributed by atoms with van der Waals surface area (Å²) in [5.74, 6) is 0.627. The number of aromatic nitrogens is 3. The smallest absolute Gasteiger partial charge is 0.408 e. The van der Waals surface area contributed by atoms with Crippen LogP contribution in [-0.2, 0) is 11.2 Å². The highest BCUT2D eigenvalue weighted by Crippen LogP contribution is 2.26. The number of carbonyl (C=O) groups excluding carboxylic acids is 1. The molecule has 0 saturated carbocycles. The SMILES string of the molecule is CC(C)(C)OC(=O)N[C@H](COc1cncc(-c2ccc3cnccc3c2)c1)Cc1c[nH]c2ccccc12. The molecular formula is C30H30N4O3. The van der Waals surface area contributed by atoms with Crippen molar-refractivity contribution in [2.75, 3.05) is 6.61 Å². The number of para-hydroxylation sites is 1. The molecule has 188 valence electrons. The van der Waals surface area contributed by atoms with Crippen molar-refractivity contribution in [2.45, 2.75) is 38.8 Å². The van der Waals surface area contributed by atoms with Crippen molar-refractivity contribution >= 4 is 27.8 Å². The van der Waals surface area contributed by atoms with Gasteiger partial charge in [0.05, 0.1) is 12.2 Å². The summed E-state index contributed by atoms with van der Waals surface area (Å²) in [6, 6.07) is 18.0. The van der Waals surface area contributed by atoms with E-state index in [0.29, 0.717) is 12.2 Å². The number of carbonyl (C=O) groups is 1. The Morgan fingerprint density at radius 3 is 2.70 bits per heavy atom. The molecule has 3 aromatic heterocycles. The fraction of sp³-hybridized carbons (Fsp3) is 0.233. The zero-order chi connectivity index (χ0) is 25.8. The third kappa shape index (κ3) is 6.06. The fourth-order valence-corrected chi connectivity index (χ4v) is 4.31. The summed E-state index contributed by atoms with van der Waals surface area (Å²) in [6.07, 6.45) is 9.22. The molecule has 5 rings (SSSR count). The van der Waals surface area contributed by atoms with Crippen molar-refractivity contribution in [3.63, 3.8) is 0 Å². The van der Waals surface area contributed by atoms with Gasteiger partial charge in [0.25, 0.3) is 0 Å². The Morgan fingerprint density at radius 1 is 0.973 bits per heavy atom. The first-order valence-corrected chi connectivity index (χ1v) is 12.3. The van der Waals surface area contributed by atoms with Crippen LogP contribution in [0.1, 0.15) is 26.3 Å². The van der Waals surface area contributed by atoms with Crippen LogP contribution in [0.25, 0.3) is 32.8 Å². The Balaban J connectivity index is 1.34. The number of benzene rings is 2. The maximum absolute atomic E-state index is 12.6. The van der Waals surface area contributed by atoms with Crippen LogP contribution in [-0.4, -0.2) is 39.3 Å². The van der Waals surface area contributed by atoms with Gasteiger partial charge in [-0.15, -0.1) is 0 Å². The molecule has 7 nitrogen and oxygen atoms in total. The van der Waals surface area contributed by atoms with Gasteiger partial charge in [-0.05, 0) is 68.0 Å². The van der Waals surface area contributed by atoms with Gasteiger partial charge in [-0.2, -0.15) is 0 Å². The highest BCUT2D eigenvalue weighted by atomic mass is 16.6. The monoisotopic (exact) mass is 494 g/mol. The van der Waals surface area contributed by atoms with E-state index in [9.17, 15) is 4.79 Å². The molecule has 0 unspecified atom stereocenters. The van der Waals surface area contributed by atoms with Crippen molar-refractivity contribution in [3.05, 3.63) is 91.1 Å². The van der Waals surface area contributed by atoms with Gasteiger partial charge in [-0.3, -0.25) is 9.97 Å². The third-order valence-electron chi connectivity index (χ3n) is 6.00. The molecule has 5 aromatic rings. The minimum absolute atomic E-state index is 0.257. The largest absolute Gasteiger partial charge is 0.490 e.